The van der Waals surface area contributed by atoms with E-state index >= 15 is 0 Å². The van der Waals surface area contributed by atoms with E-state index in [0.717, 1.165) is 12.1 Å². The van der Waals surface area contributed by atoms with Crippen LogP contribution in [0.4, 0.5) is 5.82 Å². The van der Waals surface area contributed by atoms with Crippen LogP contribution in [0.1, 0.15) is 35.0 Å². The fourth-order valence-electron chi connectivity index (χ4n) is 3.24. The van der Waals surface area contributed by atoms with Gasteiger partial charge in [-0.2, -0.15) is 0 Å². The molecule has 8 heteroatoms. The van der Waals surface area contributed by atoms with Gasteiger partial charge in [0.15, 0.2) is 0 Å². The molecular weight excluding hydrogens is 410 g/mol. The van der Waals surface area contributed by atoms with Gasteiger partial charge in [0.25, 0.3) is 5.91 Å². The Morgan fingerprint density at radius 2 is 1.83 bits per heavy atom. The topological polar surface area (TPSA) is 81.1 Å². The molecular formula is C21H22ClN3O3S. The van der Waals surface area contributed by atoms with E-state index < -0.39 is 15.7 Å². The largest absolute Gasteiger partial charge is 0.331 e. The summed E-state index contributed by atoms with van der Waals surface area (Å²) in [5.41, 5.74) is 1.57. The Bertz CT molecular complexity index is 1160. The summed E-state index contributed by atoms with van der Waals surface area (Å²) in [7, 11) is -3.84. The molecule has 0 aliphatic carbocycles. The van der Waals surface area contributed by atoms with Gasteiger partial charge in [-0.15, -0.1) is 0 Å². The van der Waals surface area contributed by atoms with Crippen LogP contribution in [-0.2, 0) is 16.4 Å². The molecule has 1 aromatic carbocycles. The second-order valence-electron chi connectivity index (χ2n) is 6.65. The minimum Gasteiger partial charge on any atom is -0.331 e. The SMILES string of the molecule is CCCn1c(C)c(C)c(S(=O)(=O)c2ccccc2)c1NC(=O)c1cccnc1Cl. The molecule has 0 bridgehead atoms. The molecule has 1 amide bonds. The van der Waals surface area contributed by atoms with Crippen molar-refractivity contribution in [2.45, 2.75) is 43.5 Å². The normalized spacial score (nSPS) is 11.4. The highest BCUT2D eigenvalue weighted by Crippen LogP contribution is 2.35. The van der Waals surface area contributed by atoms with Crippen molar-refractivity contribution in [2.24, 2.45) is 0 Å². The number of sulfone groups is 1. The number of amides is 1. The van der Waals surface area contributed by atoms with Gasteiger partial charge in [-0.3, -0.25) is 4.79 Å². The molecule has 1 N–H and O–H groups in total. The highest BCUT2D eigenvalue weighted by atomic mass is 35.5. The van der Waals surface area contributed by atoms with Crippen molar-refractivity contribution in [2.75, 3.05) is 5.32 Å². The van der Waals surface area contributed by atoms with Gasteiger partial charge in [0, 0.05) is 18.4 Å². The van der Waals surface area contributed by atoms with E-state index in [9.17, 15) is 13.2 Å². The fourth-order valence-corrected chi connectivity index (χ4v) is 5.16. The first kappa shape index (κ1) is 21.1. The molecule has 29 heavy (non-hydrogen) atoms. The molecule has 3 aromatic rings. The number of carbonyl (C=O) groups is 1. The van der Waals surface area contributed by atoms with Crippen molar-refractivity contribution in [1.29, 1.82) is 0 Å². The van der Waals surface area contributed by atoms with Crippen molar-refractivity contribution < 1.29 is 13.2 Å². The molecule has 0 aliphatic heterocycles. The average molecular weight is 432 g/mol. The average Bonchev–Trinajstić information content (AvgIpc) is 2.94. The van der Waals surface area contributed by atoms with Gasteiger partial charge in [0.2, 0.25) is 9.84 Å². The third-order valence-electron chi connectivity index (χ3n) is 4.78. The molecule has 2 aromatic heterocycles. The first-order chi connectivity index (χ1) is 13.8. The van der Waals surface area contributed by atoms with Gasteiger partial charge in [0.1, 0.15) is 15.9 Å². The zero-order valence-electron chi connectivity index (χ0n) is 16.4. The van der Waals surface area contributed by atoms with Crippen LogP contribution in [-0.4, -0.2) is 23.9 Å². The first-order valence-corrected chi connectivity index (χ1v) is 11.1. The third kappa shape index (κ3) is 3.93. The van der Waals surface area contributed by atoms with Crippen LogP contribution in [0.5, 0.6) is 0 Å². The minimum absolute atomic E-state index is 0.0551. The molecule has 6 nitrogen and oxygen atoms in total. The summed E-state index contributed by atoms with van der Waals surface area (Å²) in [5.74, 6) is -0.266. The maximum absolute atomic E-state index is 13.4. The fraction of sp³-hybridized carbons (Fsp3) is 0.238. The Morgan fingerprint density at radius 3 is 2.45 bits per heavy atom. The second kappa shape index (κ2) is 8.39. The van der Waals surface area contributed by atoms with Crippen LogP contribution in [0.25, 0.3) is 0 Å². The minimum atomic E-state index is -3.84. The molecule has 0 unspecified atom stereocenters. The van der Waals surface area contributed by atoms with Crippen molar-refractivity contribution in [1.82, 2.24) is 9.55 Å². The van der Waals surface area contributed by atoms with Crippen LogP contribution in [0.2, 0.25) is 5.15 Å². The summed E-state index contributed by atoms with van der Waals surface area (Å²) >= 11 is 6.05. The number of pyridine rings is 1. The maximum atomic E-state index is 13.4. The number of nitrogens with one attached hydrogen (secondary N) is 1. The van der Waals surface area contributed by atoms with Crippen LogP contribution < -0.4 is 5.32 Å². The molecule has 0 spiro atoms. The summed E-state index contributed by atoms with van der Waals surface area (Å²) in [5, 5.41) is 2.83. The van der Waals surface area contributed by atoms with Gasteiger partial charge in [-0.05, 0) is 50.1 Å². The molecule has 152 valence electrons. The first-order valence-electron chi connectivity index (χ1n) is 9.20. The standard InChI is InChI=1S/C21H22ClN3O3S/c1-4-13-25-15(3)14(2)18(29(27,28)16-9-6-5-7-10-16)20(25)24-21(26)17-11-8-12-23-19(17)22/h5-12H,4,13H2,1-3H3,(H,24,26). The molecule has 0 radical (unpaired) electrons. The van der Waals surface area contributed by atoms with E-state index in [-0.39, 0.29) is 26.3 Å². The Hall–Kier alpha value is -2.64. The van der Waals surface area contributed by atoms with Crippen molar-refractivity contribution >= 4 is 33.2 Å². The monoisotopic (exact) mass is 431 g/mol. The van der Waals surface area contributed by atoms with Crippen molar-refractivity contribution in [3.63, 3.8) is 0 Å². The van der Waals surface area contributed by atoms with Crippen molar-refractivity contribution in [3.05, 3.63) is 70.6 Å². The molecule has 2 heterocycles. The van der Waals surface area contributed by atoms with Gasteiger partial charge >= 0.3 is 0 Å². The van der Waals surface area contributed by atoms with Gasteiger partial charge in [-0.25, -0.2) is 13.4 Å². The maximum Gasteiger partial charge on any atom is 0.259 e. The molecule has 0 aliphatic rings. The van der Waals surface area contributed by atoms with E-state index in [2.05, 4.69) is 10.3 Å². The Labute approximate surface area is 175 Å². The number of halogens is 1. The van der Waals surface area contributed by atoms with Crippen molar-refractivity contribution in [3.8, 4) is 0 Å². The van der Waals surface area contributed by atoms with Crippen LogP contribution in [0.15, 0.2) is 58.5 Å². The predicted octanol–water partition coefficient (Wildman–Crippen LogP) is 4.65. The van der Waals surface area contributed by atoms with E-state index in [0.29, 0.717) is 12.1 Å². The highest BCUT2D eigenvalue weighted by Gasteiger charge is 2.30. The third-order valence-corrected chi connectivity index (χ3v) is 7.01. The number of rotatable bonds is 6. The van der Waals surface area contributed by atoms with Crippen LogP contribution in [0.3, 0.4) is 0 Å². The molecule has 3 rings (SSSR count). The molecule has 0 fully saturated rings. The predicted molar refractivity (Wildman–Crippen MR) is 113 cm³/mol. The highest BCUT2D eigenvalue weighted by molar-refractivity contribution is 7.91. The Kier molecular flexibility index (Phi) is 6.10. The number of nitrogens with zero attached hydrogens (tertiary/aromatic N) is 2. The van der Waals surface area contributed by atoms with E-state index in [1.807, 2.05) is 18.4 Å². The summed E-state index contributed by atoms with van der Waals surface area (Å²) in [6.45, 7) is 6.16. The van der Waals surface area contributed by atoms with Crippen LogP contribution in [0, 0.1) is 13.8 Å². The van der Waals surface area contributed by atoms with Gasteiger partial charge in [-0.1, -0.05) is 36.7 Å². The summed E-state index contributed by atoms with van der Waals surface area (Å²) in [4.78, 5) is 17.1. The lowest BCUT2D eigenvalue weighted by molar-refractivity contribution is 0.102. The van der Waals surface area contributed by atoms with E-state index in [4.69, 9.17) is 11.6 Å². The van der Waals surface area contributed by atoms with E-state index in [1.165, 1.54) is 6.20 Å². The Balaban J connectivity index is 2.19. The number of anilines is 1. The van der Waals surface area contributed by atoms with Gasteiger partial charge in [0.05, 0.1) is 10.5 Å². The smallest absolute Gasteiger partial charge is 0.259 e. The van der Waals surface area contributed by atoms with E-state index in [1.54, 1.807) is 49.4 Å². The quantitative estimate of drug-likeness (QED) is 0.576. The number of hydrogen-bond acceptors (Lipinski definition) is 4. The van der Waals surface area contributed by atoms with Gasteiger partial charge < -0.3 is 9.88 Å². The number of aromatic nitrogens is 2. The number of carbonyl (C=O) groups excluding carboxylic acids is 1. The number of benzene rings is 1. The lowest BCUT2D eigenvalue weighted by atomic mass is 10.2. The molecule has 0 saturated carbocycles. The second-order valence-corrected chi connectivity index (χ2v) is 8.90. The molecule has 0 atom stereocenters. The number of hydrogen-bond donors (Lipinski definition) is 1. The lowest BCUT2D eigenvalue weighted by Gasteiger charge is -2.14. The lowest BCUT2D eigenvalue weighted by Crippen LogP contribution is -2.18. The summed E-state index contributed by atoms with van der Waals surface area (Å²) in [6.07, 6.45) is 2.26. The summed E-state index contributed by atoms with van der Waals surface area (Å²) < 4.78 is 28.7. The van der Waals surface area contributed by atoms with Crippen LogP contribution >= 0.6 is 11.6 Å². The Morgan fingerprint density at radius 1 is 1.14 bits per heavy atom. The zero-order chi connectivity index (χ0) is 21.2. The summed E-state index contributed by atoms with van der Waals surface area (Å²) in [6, 6.07) is 11.3. The molecule has 0 saturated heterocycles. The zero-order valence-corrected chi connectivity index (χ0v) is 18.0.